The normalized spacial score (nSPS) is 10.4. The summed E-state index contributed by atoms with van der Waals surface area (Å²) in [7, 11) is 3.18. The van der Waals surface area contributed by atoms with Crippen LogP contribution in [0.25, 0.3) is 0 Å². The Labute approximate surface area is 108 Å². The van der Waals surface area contributed by atoms with Crippen molar-refractivity contribution in [3.8, 4) is 0 Å². The van der Waals surface area contributed by atoms with E-state index in [4.69, 9.17) is 0 Å². The highest BCUT2D eigenvalue weighted by molar-refractivity contribution is 7.99. The summed E-state index contributed by atoms with van der Waals surface area (Å²) in [5.74, 6) is -0.490. The number of esters is 1. The van der Waals surface area contributed by atoms with Gasteiger partial charge in [-0.1, -0.05) is 0 Å². The molecule has 94 valence electrons. The SMILES string of the molecule is COC(=O)c1cnc(Sc2cc(C)nn2C)cn1. The topological polar surface area (TPSA) is 69.9 Å². The van der Waals surface area contributed by atoms with Crippen LogP contribution in [0, 0.1) is 6.92 Å². The highest BCUT2D eigenvalue weighted by atomic mass is 32.2. The second-order valence-corrected chi connectivity index (χ2v) is 4.62. The molecule has 0 amide bonds. The van der Waals surface area contributed by atoms with Crippen LogP contribution in [-0.4, -0.2) is 32.8 Å². The van der Waals surface area contributed by atoms with E-state index in [2.05, 4.69) is 19.8 Å². The minimum Gasteiger partial charge on any atom is -0.464 e. The van der Waals surface area contributed by atoms with Crippen molar-refractivity contribution in [3.05, 3.63) is 29.8 Å². The van der Waals surface area contributed by atoms with Gasteiger partial charge < -0.3 is 4.74 Å². The number of aromatic nitrogens is 4. The van der Waals surface area contributed by atoms with Gasteiger partial charge in [0.25, 0.3) is 0 Å². The molecular weight excluding hydrogens is 252 g/mol. The van der Waals surface area contributed by atoms with Gasteiger partial charge in [-0.05, 0) is 24.8 Å². The molecule has 0 aliphatic heterocycles. The van der Waals surface area contributed by atoms with Crippen molar-refractivity contribution in [2.45, 2.75) is 17.0 Å². The van der Waals surface area contributed by atoms with E-state index >= 15 is 0 Å². The zero-order valence-electron chi connectivity index (χ0n) is 10.2. The van der Waals surface area contributed by atoms with Gasteiger partial charge in [0.05, 0.1) is 25.2 Å². The molecule has 18 heavy (non-hydrogen) atoms. The number of hydrogen-bond acceptors (Lipinski definition) is 6. The smallest absolute Gasteiger partial charge is 0.358 e. The predicted molar refractivity (Wildman–Crippen MR) is 65.4 cm³/mol. The Kier molecular flexibility index (Phi) is 3.61. The van der Waals surface area contributed by atoms with Crippen LogP contribution in [0.1, 0.15) is 16.2 Å². The zero-order chi connectivity index (χ0) is 13.1. The first-order valence-electron chi connectivity index (χ1n) is 5.19. The average molecular weight is 264 g/mol. The van der Waals surface area contributed by atoms with Gasteiger partial charge >= 0.3 is 5.97 Å². The van der Waals surface area contributed by atoms with Gasteiger partial charge in [-0.15, -0.1) is 0 Å². The van der Waals surface area contributed by atoms with Crippen molar-refractivity contribution in [2.24, 2.45) is 7.05 Å². The van der Waals surface area contributed by atoms with Crippen LogP contribution >= 0.6 is 11.8 Å². The second kappa shape index (κ2) is 5.18. The molecule has 0 radical (unpaired) electrons. The fourth-order valence-corrected chi connectivity index (χ4v) is 2.20. The Hall–Kier alpha value is -1.89. The average Bonchev–Trinajstić information content (AvgIpc) is 2.68. The predicted octanol–water partition coefficient (Wildman–Crippen LogP) is 1.46. The molecule has 0 spiro atoms. The van der Waals surface area contributed by atoms with Crippen LogP contribution in [0.15, 0.2) is 28.5 Å². The maximum Gasteiger partial charge on any atom is 0.358 e. The van der Waals surface area contributed by atoms with Crippen LogP contribution in [-0.2, 0) is 11.8 Å². The van der Waals surface area contributed by atoms with Gasteiger partial charge in [0.15, 0.2) is 5.69 Å². The van der Waals surface area contributed by atoms with Crippen LogP contribution in [0.2, 0.25) is 0 Å². The number of carbonyl (C=O) groups is 1. The standard InChI is InChI=1S/C11H12N4O2S/c1-7-4-10(15(2)14-7)18-9-6-12-8(5-13-9)11(16)17-3/h4-6H,1-3H3. The first kappa shape index (κ1) is 12.6. The first-order valence-corrected chi connectivity index (χ1v) is 6.00. The largest absolute Gasteiger partial charge is 0.464 e. The summed E-state index contributed by atoms with van der Waals surface area (Å²) in [5.41, 5.74) is 1.14. The van der Waals surface area contributed by atoms with Gasteiger partial charge in [-0.2, -0.15) is 5.10 Å². The number of nitrogens with zero attached hydrogens (tertiary/aromatic N) is 4. The van der Waals surface area contributed by atoms with Gasteiger partial charge in [-0.25, -0.2) is 14.8 Å². The Morgan fingerprint density at radius 1 is 1.39 bits per heavy atom. The summed E-state index contributed by atoms with van der Waals surface area (Å²) < 4.78 is 6.33. The highest BCUT2D eigenvalue weighted by Gasteiger charge is 2.09. The van der Waals surface area contributed by atoms with Crippen molar-refractivity contribution in [2.75, 3.05) is 7.11 Å². The zero-order valence-corrected chi connectivity index (χ0v) is 11.1. The van der Waals surface area contributed by atoms with Crippen molar-refractivity contribution in [1.82, 2.24) is 19.7 Å². The fourth-order valence-electron chi connectivity index (χ4n) is 1.37. The second-order valence-electron chi connectivity index (χ2n) is 3.58. The molecule has 6 nitrogen and oxygen atoms in total. The molecule has 0 bridgehead atoms. The van der Waals surface area contributed by atoms with Crippen LogP contribution in [0.5, 0.6) is 0 Å². The van der Waals surface area contributed by atoms with Gasteiger partial charge in [0.1, 0.15) is 10.1 Å². The van der Waals surface area contributed by atoms with Crippen molar-refractivity contribution in [1.29, 1.82) is 0 Å². The number of aryl methyl sites for hydroxylation is 2. The molecule has 0 saturated heterocycles. The Morgan fingerprint density at radius 2 is 2.17 bits per heavy atom. The third-order valence-electron chi connectivity index (χ3n) is 2.19. The van der Waals surface area contributed by atoms with E-state index in [9.17, 15) is 4.79 Å². The van der Waals surface area contributed by atoms with Crippen molar-refractivity contribution < 1.29 is 9.53 Å². The van der Waals surface area contributed by atoms with E-state index in [0.29, 0.717) is 5.03 Å². The molecule has 7 heteroatoms. The van der Waals surface area contributed by atoms with Crippen LogP contribution < -0.4 is 0 Å². The number of hydrogen-bond donors (Lipinski definition) is 0. The highest BCUT2D eigenvalue weighted by Crippen LogP contribution is 2.25. The summed E-state index contributed by atoms with van der Waals surface area (Å²) in [6.07, 6.45) is 2.94. The quantitative estimate of drug-likeness (QED) is 0.782. The van der Waals surface area contributed by atoms with Crippen molar-refractivity contribution >= 4 is 17.7 Å². The summed E-state index contributed by atoms with van der Waals surface area (Å²) >= 11 is 1.44. The lowest BCUT2D eigenvalue weighted by molar-refractivity contribution is 0.0593. The Morgan fingerprint density at radius 3 is 2.67 bits per heavy atom. The molecule has 0 saturated carbocycles. The van der Waals surface area contributed by atoms with E-state index in [1.54, 1.807) is 10.9 Å². The van der Waals surface area contributed by atoms with E-state index in [-0.39, 0.29) is 5.69 Å². The summed E-state index contributed by atoms with van der Waals surface area (Å²) in [4.78, 5) is 19.3. The van der Waals surface area contributed by atoms with E-state index < -0.39 is 5.97 Å². The molecular formula is C11H12N4O2S. The molecule has 0 aromatic carbocycles. The maximum atomic E-state index is 11.2. The summed E-state index contributed by atoms with van der Waals surface area (Å²) in [6.45, 7) is 1.93. The number of rotatable bonds is 3. The van der Waals surface area contributed by atoms with E-state index in [1.165, 1.54) is 25.1 Å². The van der Waals surface area contributed by atoms with Gasteiger partial charge in [0.2, 0.25) is 0 Å². The number of methoxy groups -OCH3 is 1. The molecule has 2 aromatic rings. The van der Waals surface area contributed by atoms with Crippen molar-refractivity contribution in [3.63, 3.8) is 0 Å². The number of ether oxygens (including phenoxy) is 1. The third-order valence-corrected chi connectivity index (χ3v) is 3.20. The molecule has 0 aliphatic carbocycles. The third kappa shape index (κ3) is 2.67. The minimum atomic E-state index is -0.490. The summed E-state index contributed by atoms with van der Waals surface area (Å²) in [5, 5.41) is 5.90. The Bertz CT molecular complexity index is 565. The molecule has 0 unspecified atom stereocenters. The van der Waals surface area contributed by atoms with Gasteiger partial charge in [0, 0.05) is 7.05 Å². The summed E-state index contributed by atoms with van der Waals surface area (Å²) in [6, 6.07) is 1.96. The lowest BCUT2D eigenvalue weighted by atomic mass is 10.5. The lowest BCUT2D eigenvalue weighted by Gasteiger charge is -2.01. The monoisotopic (exact) mass is 264 g/mol. The molecule has 2 aromatic heterocycles. The molecule has 0 aliphatic rings. The van der Waals surface area contributed by atoms with Crippen LogP contribution in [0.3, 0.4) is 0 Å². The van der Waals surface area contributed by atoms with Gasteiger partial charge in [-0.3, -0.25) is 4.68 Å². The molecule has 2 rings (SSSR count). The number of carbonyl (C=O) groups excluding carboxylic acids is 1. The van der Waals surface area contributed by atoms with E-state index in [1.807, 2.05) is 20.0 Å². The Balaban J connectivity index is 2.16. The van der Waals surface area contributed by atoms with E-state index in [0.717, 1.165) is 10.7 Å². The molecule has 0 fully saturated rings. The minimum absolute atomic E-state index is 0.197. The maximum absolute atomic E-state index is 11.2. The molecule has 0 atom stereocenters. The van der Waals surface area contributed by atoms with Crippen LogP contribution in [0.4, 0.5) is 0 Å². The first-order chi connectivity index (χ1) is 8.60. The molecule has 0 N–H and O–H groups in total. The molecule has 2 heterocycles. The lowest BCUT2D eigenvalue weighted by Crippen LogP contribution is -2.04. The fraction of sp³-hybridized carbons (Fsp3) is 0.273.